The molecule has 0 amide bonds. The van der Waals surface area contributed by atoms with E-state index in [2.05, 4.69) is 34.4 Å². The summed E-state index contributed by atoms with van der Waals surface area (Å²) in [5, 5.41) is 6.57. The number of hydrogen-bond donors (Lipinski definition) is 2. The number of nitrogens with zero attached hydrogens (tertiary/aromatic N) is 2. The highest BCUT2D eigenvalue weighted by atomic mass is 16.3. The average Bonchev–Trinajstić information content (AvgIpc) is 2.89. The van der Waals surface area contributed by atoms with Gasteiger partial charge in [-0.2, -0.15) is 0 Å². The van der Waals surface area contributed by atoms with Crippen molar-refractivity contribution in [2.24, 2.45) is 0 Å². The molecule has 5 nitrogen and oxygen atoms in total. The summed E-state index contributed by atoms with van der Waals surface area (Å²) in [6, 6.07) is 4.03. The third kappa shape index (κ3) is 3.54. The van der Waals surface area contributed by atoms with Gasteiger partial charge in [-0.15, -0.1) is 0 Å². The fraction of sp³-hybridized carbons (Fsp3) is 0.500. The molecule has 1 unspecified atom stereocenters. The Bertz CT molecular complexity index is 606. The number of hydrogen-bond acceptors (Lipinski definition) is 5. The number of anilines is 2. The molecular weight excluding hydrogens is 264 g/mol. The maximum absolute atomic E-state index is 5.67. The minimum atomic E-state index is 0.0616. The third-order valence-electron chi connectivity index (χ3n) is 3.44. The van der Waals surface area contributed by atoms with Crippen molar-refractivity contribution in [2.75, 3.05) is 17.7 Å². The lowest BCUT2D eigenvalue weighted by atomic mass is 10.2. The van der Waals surface area contributed by atoms with Crippen molar-refractivity contribution in [2.45, 2.75) is 46.6 Å². The smallest absolute Gasteiger partial charge is 0.135 e. The van der Waals surface area contributed by atoms with Crippen LogP contribution in [0, 0.1) is 13.8 Å². The summed E-state index contributed by atoms with van der Waals surface area (Å²) < 4.78 is 5.67. The van der Waals surface area contributed by atoms with Crippen molar-refractivity contribution in [3.05, 3.63) is 35.0 Å². The summed E-state index contributed by atoms with van der Waals surface area (Å²) >= 11 is 0. The van der Waals surface area contributed by atoms with Crippen LogP contribution < -0.4 is 10.6 Å². The van der Waals surface area contributed by atoms with Crippen LogP contribution in [0.2, 0.25) is 0 Å². The van der Waals surface area contributed by atoms with Gasteiger partial charge in [0.2, 0.25) is 0 Å². The molecule has 0 aromatic carbocycles. The zero-order valence-corrected chi connectivity index (χ0v) is 13.4. The second-order valence-corrected chi connectivity index (χ2v) is 5.28. The first kappa shape index (κ1) is 15.4. The summed E-state index contributed by atoms with van der Waals surface area (Å²) in [5.74, 6) is 4.42. The molecule has 2 rings (SSSR count). The lowest BCUT2D eigenvalue weighted by Crippen LogP contribution is -2.12. The molecule has 0 spiro atoms. The van der Waals surface area contributed by atoms with Gasteiger partial charge in [-0.25, -0.2) is 9.97 Å². The number of nitrogens with one attached hydrogen (secondary N) is 2. The zero-order valence-electron chi connectivity index (χ0n) is 13.4. The second kappa shape index (κ2) is 6.61. The van der Waals surface area contributed by atoms with Gasteiger partial charge < -0.3 is 15.1 Å². The SMILES string of the molecule is CCCc1nc(NC)c(C)c(NC(C)c2ccc(C)o2)n1. The number of rotatable bonds is 6. The van der Waals surface area contributed by atoms with Gasteiger partial charge in [-0.3, -0.25) is 0 Å². The minimum Gasteiger partial charge on any atom is -0.464 e. The Morgan fingerprint density at radius 1 is 1.19 bits per heavy atom. The van der Waals surface area contributed by atoms with Crippen LogP contribution in [-0.2, 0) is 6.42 Å². The highest BCUT2D eigenvalue weighted by Crippen LogP contribution is 2.25. The van der Waals surface area contributed by atoms with Crippen LogP contribution in [0.5, 0.6) is 0 Å². The van der Waals surface area contributed by atoms with Gasteiger partial charge in [-0.05, 0) is 39.3 Å². The van der Waals surface area contributed by atoms with E-state index in [1.807, 2.05) is 33.0 Å². The summed E-state index contributed by atoms with van der Waals surface area (Å²) in [4.78, 5) is 9.18. The molecule has 0 aliphatic carbocycles. The molecule has 0 saturated carbocycles. The van der Waals surface area contributed by atoms with E-state index in [0.29, 0.717) is 0 Å². The van der Waals surface area contributed by atoms with Crippen molar-refractivity contribution in [3.8, 4) is 0 Å². The van der Waals surface area contributed by atoms with E-state index in [0.717, 1.165) is 47.4 Å². The lowest BCUT2D eigenvalue weighted by Gasteiger charge is -2.17. The monoisotopic (exact) mass is 288 g/mol. The standard InChI is InChI=1S/C16H24N4O/c1-6-7-14-19-15(17-5)11(3)16(20-14)18-12(4)13-9-8-10(2)21-13/h8-9,12H,6-7H2,1-5H3,(H2,17,18,19,20). The van der Waals surface area contributed by atoms with Gasteiger partial charge in [-0.1, -0.05) is 6.92 Å². The Hall–Kier alpha value is -2.04. The predicted octanol–water partition coefficient (Wildman–Crippen LogP) is 3.85. The van der Waals surface area contributed by atoms with E-state index in [1.54, 1.807) is 0 Å². The Morgan fingerprint density at radius 2 is 1.90 bits per heavy atom. The maximum atomic E-state index is 5.67. The topological polar surface area (TPSA) is 63.0 Å². The normalized spacial score (nSPS) is 12.2. The molecule has 2 N–H and O–H groups in total. The van der Waals surface area contributed by atoms with Gasteiger partial charge >= 0.3 is 0 Å². The van der Waals surface area contributed by atoms with E-state index in [9.17, 15) is 0 Å². The van der Waals surface area contributed by atoms with Crippen molar-refractivity contribution in [3.63, 3.8) is 0 Å². The molecule has 2 aromatic rings. The highest BCUT2D eigenvalue weighted by molar-refractivity contribution is 5.57. The van der Waals surface area contributed by atoms with Gasteiger partial charge in [0.1, 0.15) is 29.0 Å². The Balaban J connectivity index is 2.27. The van der Waals surface area contributed by atoms with Crippen molar-refractivity contribution in [1.82, 2.24) is 9.97 Å². The second-order valence-electron chi connectivity index (χ2n) is 5.28. The van der Waals surface area contributed by atoms with E-state index in [1.165, 1.54) is 0 Å². The molecule has 1 atom stereocenters. The number of aryl methyl sites for hydroxylation is 2. The van der Waals surface area contributed by atoms with Crippen molar-refractivity contribution in [1.29, 1.82) is 0 Å². The number of aromatic nitrogens is 2. The molecule has 0 aliphatic rings. The molecule has 21 heavy (non-hydrogen) atoms. The van der Waals surface area contributed by atoms with Crippen molar-refractivity contribution >= 4 is 11.6 Å². The summed E-state index contributed by atoms with van der Waals surface area (Å²) in [5.41, 5.74) is 1.02. The fourth-order valence-electron chi connectivity index (χ4n) is 2.24. The van der Waals surface area contributed by atoms with Gasteiger partial charge in [0.05, 0.1) is 6.04 Å². The van der Waals surface area contributed by atoms with E-state index in [-0.39, 0.29) is 6.04 Å². The fourth-order valence-corrected chi connectivity index (χ4v) is 2.24. The van der Waals surface area contributed by atoms with E-state index >= 15 is 0 Å². The average molecular weight is 288 g/mol. The molecular formula is C16H24N4O. The Labute approximate surface area is 126 Å². The molecule has 0 saturated heterocycles. The van der Waals surface area contributed by atoms with Crippen LogP contribution >= 0.6 is 0 Å². The molecule has 0 aliphatic heterocycles. The Kier molecular flexibility index (Phi) is 4.83. The van der Waals surface area contributed by atoms with Crippen molar-refractivity contribution < 1.29 is 4.42 Å². The van der Waals surface area contributed by atoms with Crippen LogP contribution in [0.1, 0.15) is 49.2 Å². The van der Waals surface area contributed by atoms with Crippen LogP contribution in [-0.4, -0.2) is 17.0 Å². The first-order valence-corrected chi connectivity index (χ1v) is 7.43. The summed E-state index contributed by atoms with van der Waals surface area (Å²) in [6.07, 6.45) is 1.90. The molecule has 2 heterocycles. The molecule has 2 aromatic heterocycles. The summed E-state index contributed by atoms with van der Waals surface area (Å²) in [6.45, 7) is 8.16. The molecule has 0 fully saturated rings. The summed E-state index contributed by atoms with van der Waals surface area (Å²) in [7, 11) is 1.88. The van der Waals surface area contributed by atoms with Gasteiger partial charge in [0.15, 0.2) is 0 Å². The van der Waals surface area contributed by atoms with E-state index < -0.39 is 0 Å². The van der Waals surface area contributed by atoms with Crippen LogP contribution in [0.4, 0.5) is 11.6 Å². The quantitative estimate of drug-likeness (QED) is 0.845. The van der Waals surface area contributed by atoms with Crippen LogP contribution in [0.3, 0.4) is 0 Å². The van der Waals surface area contributed by atoms with Gasteiger partial charge in [0.25, 0.3) is 0 Å². The largest absolute Gasteiger partial charge is 0.464 e. The molecule has 5 heteroatoms. The molecule has 0 radical (unpaired) electrons. The first-order chi connectivity index (χ1) is 10.0. The maximum Gasteiger partial charge on any atom is 0.135 e. The molecule has 0 bridgehead atoms. The minimum absolute atomic E-state index is 0.0616. The highest BCUT2D eigenvalue weighted by Gasteiger charge is 2.15. The zero-order chi connectivity index (χ0) is 15.4. The van der Waals surface area contributed by atoms with Gasteiger partial charge in [0, 0.05) is 19.0 Å². The predicted molar refractivity (Wildman–Crippen MR) is 85.8 cm³/mol. The number of furan rings is 1. The third-order valence-corrected chi connectivity index (χ3v) is 3.44. The first-order valence-electron chi connectivity index (χ1n) is 7.43. The Morgan fingerprint density at radius 3 is 2.48 bits per heavy atom. The van der Waals surface area contributed by atoms with Crippen LogP contribution in [0.25, 0.3) is 0 Å². The van der Waals surface area contributed by atoms with Crippen LogP contribution in [0.15, 0.2) is 16.5 Å². The lowest BCUT2D eigenvalue weighted by molar-refractivity contribution is 0.466. The van der Waals surface area contributed by atoms with E-state index in [4.69, 9.17) is 4.42 Å². The molecule has 114 valence electrons.